The first-order valence-corrected chi connectivity index (χ1v) is 6.35. The molecular weight excluding hydrogens is 244 g/mol. The molecule has 0 spiro atoms. The third-order valence-corrected chi connectivity index (χ3v) is 3.67. The number of hydrogen-bond acceptors (Lipinski definition) is 3. The van der Waals surface area contributed by atoms with Crippen LogP contribution in [0.15, 0.2) is 24.3 Å². The van der Waals surface area contributed by atoms with Gasteiger partial charge < -0.3 is 15.3 Å². The van der Waals surface area contributed by atoms with E-state index < -0.39 is 5.97 Å². The van der Waals surface area contributed by atoms with Crippen LogP contribution in [0.3, 0.4) is 0 Å². The van der Waals surface area contributed by atoms with Crippen LogP contribution in [0.5, 0.6) is 0 Å². The minimum Gasteiger partial charge on any atom is -0.478 e. The average Bonchev–Trinajstić information content (AvgIpc) is 2.83. The van der Waals surface area contributed by atoms with Crippen molar-refractivity contribution in [3.05, 3.63) is 29.8 Å². The Morgan fingerprint density at radius 2 is 2.05 bits per heavy atom. The molecule has 19 heavy (non-hydrogen) atoms. The number of carbonyl (C=O) groups excluding carboxylic acids is 1. The van der Waals surface area contributed by atoms with Crippen LogP contribution in [0.25, 0.3) is 0 Å². The normalized spacial score (nSPS) is 22.2. The summed E-state index contributed by atoms with van der Waals surface area (Å²) in [5.74, 6) is -1.15. The molecule has 0 aliphatic carbocycles. The van der Waals surface area contributed by atoms with Crippen molar-refractivity contribution in [2.24, 2.45) is 5.92 Å². The maximum Gasteiger partial charge on any atom is 0.337 e. The topological polar surface area (TPSA) is 69.6 Å². The predicted molar refractivity (Wildman–Crippen MR) is 72.4 cm³/mol. The molecule has 1 aromatic rings. The molecule has 1 aliphatic heterocycles. The van der Waals surface area contributed by atoms with E-state index >= 15 is 0 Å². The Balaban J connectivity index is 2.26. The largest absolute Gasteiger partial charge is 0.478 e. The number of aromatic carboxylic acids is 1. The van der Waals surface area contributed by atoms with Crippen molar-refractivity contribution in [1.29, 1.82) is 0 Å². The number of para-hydroxylation sites is 1. The second-order valence-electron chi connectivity index (χ2n) is 4.86. The quantitative estimate of drug-likeness (QED) is 0.862. The molecule has 5 heteroatoms. The lowest BCUT2D eigenvalue weighted by molar-refractivity contribution is -0.122. The number of anilines is 1. The summed E-state index contributed by atoms with van der Waals surface area (Å²) in [5.41, 5.74) is 0.594. The number of amides is 1. The van der Waals surface area contributed by atoms with Crippen LogP contribution in [0.1, 0.15) is 23.7 Å². The van der Waals surface area contributed by atoms with E-state index in [1.54, 1.807) is 25.2 Å². The molecule has 5 nitrogen and oxygen atoms in total. The van der Waals surface area contributed by atoms with Gasteiger partial charge in [0, 0.05) is 13.1 Å². The van der Waals surface area contributed by atoms with Crippen molar-refractivity contribution < 1.29 is 14.7 Å². The number of rotatable bonds is 3. The molecule has 1 amide bonds. The van der Waals surface area contributed by atoms with Crippen molar-refractivity contribution in [2.45, 2.75) is 19.4 Å². The van der Waals surface area contributed by atoms with Gasteiger partial charge in [0.15, 0.2) is 0 Å². The minimum atomic E-state index is -1.02. The maximum absolute atomic E-state index is 12.4. The minimum absolute atomic E-state index is 0.0359. The summed E-state index contributed by atoms with van der Waals surface area (Å²) >= 11 is 0. The molecule has 1 saturated heterocycles. The van der Waals surface area contributed by atoms with Crippen molar-refractivity contribution in [2.75, 3.05) is 18.5 Å². The van der Waals surface area contributed by atoms with Crippen LogP contribution in [0.4, 0.5) is 5.69 Å². The van der Waals surface area contributed by atoms with E-state index in [9.17, 15) is 9.59 Å². The van der Waals surface area contributed by atoms with E-state index in [1.165, 1.54) is 11.0 Å². The average molecular weight is 262 g/mol. The zero-order valence-corrected chi connectivity index (χ0v) is 11.1. The van der Waals surface area contributed by atoms with Gasteiger partial charge in [0.2, 0.25) is 5.91 Å². The van der Waals surface area contributed by atoms with E-state index in [0.29, 0.717) is 5.69 Å². The highest BCUT2D eigenvalue weighted by molar-refractivity contribution is 6.02. The van der Waals surface area contributed by atoms with Crippen molar-refractivity contribution in [1.82, 2.24) is 5.32 Å². The summed E-state index contributed by atoms with van der Waals surface area (Å²) in [6.45, 7) is 2.80. The van der Waals surface area contributed by atoms with Gasteiger partial charge in [0.25, 0.3) is 0 Å². The Hall–Kier alpha value is -1.88. The molecule has 102 valence electrons. The molecule has 2 N–H and O–H groups in total. The lowest BCUT2D eigenvalue weighted by atomic mass is 10.00. The Labute approximate surface area is 112 Å². The molecule has 2 unspecified atom stereocenters. The van der Waals surface area contributed by atoms with E-state index in [-0.39, 0.29) is 23.4 Å². The van der Waals surface area contributed by atoms with Crippen LogP contribution < -0.4 is 10.2 Å². The maximum atomic E-state index is 12.4. The van der Waals surface area contributed by atoms with E-state index in [0.717, 1.165) is 13.0 Å². The summed E-state index contributed by atoms with van der Waals surface area (Å²) in [6.07, 6.45) is 0.791. The monoisotopic (exact) mass is 262 g/mol. The number of nitrogens with one attached hydrogen (secondary N) is 1. The smallest absolute Gasteiger partial charge is 0.337 e. The molecule has 0 saturated carbocycles. The third-order valence-electron chi connectivity index (χ3n) is 3.67. The molecule has 1 fully saturated rings. The number of carboxylic acid groups (broad SMARTS) is 1. The van der Waals surface area contributed by atoms with Crippen LogP contribution in [0, 0.1) is 5.92 Å². The fraction of sp³-hybridized carbons (Fsp3) is 0.429. The third kappa shape index (κ3) is 2.61. The van der Waals surface area contributed by atoms with Gasteiger partial charge in [0.05, 0.1) is 17.2 Å². The Kier molecular flexibility index (Phi) is 3.85. The van der Waals surface area contributed by atoms with E-state index in [2.05, 4.69) is 5.32 Å². The van der Waals surface area contributed by atoms with Gasteiger partial charge in [0.1, 0.15) is 0 Å². The zero-order valence-electron chi connectivity index (χ0n) is 11.1. The summed E-state index contributed by atoms with van der Waals surface area (Å²) in [6, 6.07) is 6.70. The molecule has 1 aliphatic rings. The summed E-state index contributed by atoms with van der Waals surface area (Å²) < 4.78 is 0. The van der Waals surface area contributed by atoms with Crippen LogP contribution >= 0.6 is 0 Å². The summed E-state index contributed by atoms with van der Waals surface area (Å²) in [7, 11) is 1.63. The fourth-order valence-corrected chi connectivity index (χ4v) is 2.51. The first-order chi connectivity index (χ1) is 9.02. The van der Waals surface area contributed by atoms with Crippen molar-refractivity contribution >= 4 is 17.6 Å². The number of carboxylic acids is 1. The Bertz CT molecular complexity index is 501. The SMILES string of the molecule is CC1NCCC1C(=O)N(C)c1ccccc1C(=O)O. The summed E-state index contributed by atoms with van der Waals surface area (Å²) in [4.78, 5) is 25.1. The number of nitrogens with zero attached hydrogens (tertiary/aromatic N) is 1. The van der Waals surface area contributed by atoms with Gasteiger partial charge in [-0.05, 0) is 32.0 Å². The zero-order chi connectivity index (χ0) is 14.0. The second-order valence-corrected chi connectivity index (χ2v) is 4.86. The predicted octanol–water partition coefficient (Wildman–Crippen LogP) is 1.35. The standard InChI is InChI=1S/C14H18N2O3/c1-9-10(7-8-15-9)13(17)16(2)12-6-4-3-5-11(12)14(18)19/h3-6,9-10,15H,7-8H2,1-2H3,(H,18,19). The highest BCUT2D eigenvalue weighted by Gasteiger charge is 2.32. The Morgan fingerprint density at radius 1 is 1.37 bits per heavy atom. The van der Waals surface area contributed by atoms with Gasteiger partial charge in [-0.3, -0.25) is 4.79 Å². The van der Waals surface area contributed by atoms with E-state index in [1.807, 2.05) is 6.92 Å². The molecule has 2 rings (SSSR count). The molecule has 1 heterocycles. The lowest BCUT2D eigenvalue weighted by Gasteiger charge is -2.24. The van der Waals surface area contributed by atoms with Crippen molar-refractivity contribution in [3.63, 3.8) is 0 Å². The molecule has 0 aromatic heterocycles. The molecular formula is C14H18N2O3. The van der Waals surface area contributed by atoms with Crippen LogP contribution in [-0.4, -0.2) is 36.6 Å². The molecule has 2 atom stereocenters. The van der Waals surface area contributed by atoms with Crippen LogP contribution in [0.2, 0.25) is 0 Å². The second kappa shape index (κ2) is 5.40. The fourth-order valence-electron chi connectivity index (χ4n) is 2.51. The first kappa shape index (κ1) is 13.5. The molecule has 1 aromatic carbocycles. The molecule has 0 bridgehead atoms. The van der Waals surface area contributed by atoms with Gasteiger partial charge in [-0.1, -0.05) is 12.1 Å². The first-order valence-electron chi connectivity index (χ1n) is 6.35. The number of hydrogen-bond donors (Lipinski definition) is 2. The number of carbonyl (C=O) groups is 2. The van der Waals surface area contributed by atoms with Gasteiger partial charge in [-0.25, -0.2) is 4.79 Å². The van der Waals surface area contributed by atoms with Gasteiger partial charge in [-0.2, -0.15) is 0 Å². The van der Waals surface area contributed by atoms with Crippen LogP contribution in [-0.2, 0) is 4.79 Å². The molecule has 0 radical (unpaired) electrons. The highest BCUT2D eigenvalue weighted by atomic mass is 16.4. The van der Waals surface area contributed by atoms with E-state index in [4.69, 9.17) is 5.11 Å². The lowest BCUT2D eigenvalue weighted by Crippen LogP contribution is -2.38. The van der Waals surface area contributed by atoms with Gasteiger partial charge in [-0.15, -0.1) is 0 Å². The summed E-state index contributed by atoms with van der Waals surface area (Å²) in [5, 5.41) is 12.4. The van der Waals surface area contributed by atoms with Crippen molar-refractivity contribution in [3.8, 4) is 0 Å². The number of benzene rings is 1. The Morgan fingerprint density at radius 3 is 2.63 bits per heavy atom. The highest BCUT2D eigenvalue weighted by Crippen LogP contribution is 2.24. The van der Waals surface area contributed by atoms with Gasteiger partial charge >= 0.3 is 5.97 Å².